The molecule has 0 bridgehead atoms. The average Bonchev–Trinajstić information content (AvgIpc) is 2.12. The van der Waals surface area contributed by atoms with Crippen LogP contribution in [0, 0.1) is 0 Å². The van der Waals surface area contributed by atoms with Gasteiger partial charge in [-0.05, 0) is 19.8 Å². The van der Waals surface area contributed by atoms with Crippen LogP contribution in [-0.4, -0.2) is 41.7 Å². The molecule has 100 valence electrons. The summed E-state index contributed by atoms with van der Waals surface area (Å²) in [4.78, 5) is 27.9. The molecule has 0 unspecified atom stereocenters. The van der Waals surface area contributed by atoms with Crippen LogP contribution in [0.1, 0.15) is 19.8 Å². The first-order valence-electron chi connectivity index (χ1n) is 5.23. The van der Waals surface area contributed by atoms with E-state index in [9.17, 15) is 9.36 Å². The molecule has 0 aromatic heterocycles. The van der Waals surface area contributed by atoms with Crippen molar-refractivity contribution in [3.05, 3.63) is 12.2 Å². The monoisotopic (exact) mass is 266 g/mol. The minimum Gasteiger partial charge on any atom is -0.465 e. The van der Waals surface area contributed by atoms with E-state index in [4.69, 9.17) is 14.5 Å². The van der Waals surface area contributed by atoms with Crippen LogP contribution in [0.4, 0.5) is 0 Å². The topological polar surface area (TPSA) is 93.1 Å². The Bertz CT molecular complexity index is 295. The van der Waals surface area contributed by atoms with Gasteiger partial charge in [0.15, 0.2) is 0 Å². The van der Waals surface area contributed by atoms with Crippen molar-refractivity contribution in [1.82, 2.24) is 0 Å². The minimum absolute atomic E-state index is 0.148. The molecule has 0 aliphatic carbocycles. The minimum atomic E-state index is -4.31. The molecule has 0 saturated carbocycles. The molecule has 0 fully saturated rings. The number of esters is 1. The van der Waals surface area contributed by atoms with Crippen LogP contribution >= 0.6 is 7.60 Å². The van der Waals surface area contributed by atoms with E-state index in [1.54, 1.807) is 0 Å². The van der Waals surface area contributed by atoms with E-state index in [0.29, 0.717) is 19.6 Å². The van der Waals surface area contributed by atoms with Crippen LogP contribution < -0.4 is 0 Å². The number of rotatable bonds is 9. The molecule has 7 heteroatoms. The Hall–Kier alpha value is -0.680. The van der Waals surface area contributed by atoms with Crippen molar-refractivity contribution >= 4 is 13.6 Å². The lowest BCUT2D eigenvalue weighted by atomic mass is 10.3. The molecule has 0 rings (SSSR count). The number of hydrogen-bond acceptors (Lipinski definition) is 4. The molecule has 6 nitrogen and oxygen atoms in total. The molecule has 2 N–H and O–H groups in total. The first kappa shape index (κ1) is 16.3. The lowest BCUT2D eigenvalue weighted by molar-refractivity contribution is -0.140. The quantitative estimate of drug-likeness (QED) is 0.281. The maximum atomic E-state index is 10.9. The van der Waals surface area contributed by atoms with Crippen LogP contribution in [0.2, 0.25) is 0 Å². The third-order valence-corrected chi connectivity index (χ3v) is 2.30. The highest BCUT2D eigenvalue weighted by Gasteiger charge is 2.19. The van der Waals surface area contributed by atoms with Gasteiger partial charge in [0.1, 0.15) is 6.16 Å². The van der Waals surface area contributed by atoms with Crippen molar-refractivity contribution in [3.8, 4) is 0 Å². The number of carbonyl (C=O) groups is 1. The van der Waals surface area contributed by atoms with Gasteiger partial charge in [-0.25, -0.2) is 0 Å². The fourth-order valence-electron chi connectivity index (χ4n) is 0.952. The van der Waals surface area contributed by atoms with Crippen molar-refractivity contribution < 1.29 is 28.6 Å². The SMILES string of the molecule is C=C(C)COCCCCOC(=O)CP(=O)(O)O. The summed E-state index contributed by atoms with van der Waals surface area (Å²) < 4.78 is 20.3. The van der Waals surface area contributed by atoms with Crippen LogP contribution in [0.25, 0.3) is 0 Å². The Morgan fingerprint density at radius 3 is 2.41 bits per heavy atom. The Morgan fingerprint density at radius 2 is 1.88 bits per heavy atom. The van der Waals surface area contributed by atoms with Gasteiger partial charge >= 0.3 is 13.6 Å². The van der Waals surface area contributed by atoms with Crippen LogP contribution in [0.15, 0.2) is 12.2 Å². The summed E-state index contributed by atoms with van der Waals surface area (Å²) in [5.74, 6) is -0.874. The van der Waals surface area contributed by atoms with Crippen molar-refractivity contribution in [1.29, 1.82) is 0 Å². The molecule has 0 atom stereocenters. The smallest absolute Gasteiger partial charge is 0.336 e. The Labute approximate surface area is 101 Å². The highest BCUT2D eigenvalue weighted by molar-refractivity contribution is 7.52. The summed E-state index contributed by atoms with van der Waals surface area (Å²) in [5.41, 5.74) is 0.943. The number of carbonyl (C=O) groups excluding carboxylic acids is 1. The molecular weight excluding hydrogens is 247 g/mol. The van der Waals surface area contributed by atoms with E-state index in [0.717, 1.165) is 12.0 Å². The van der Waals surface area contributed by atoms with Crippen LogP contribution in [0.3, 0.4) is 0 Å². The third-order valence-electron chi connectivity index (χ3n) is 1.63. The molecule has 17 heavy (non-hydrogen) atoms. The molecule has 0 aliphatic rings. The number of unbranched alkanes of at least 4 members (excludes halogenated alkanes) is 1. The van der Waals surface area contributed by atoms with Crippen molar-refractivity contribution in [3.63, 3.8) is 0 Å². The summed E-state index contributed by atoms with van der Waals surface area (Å²) in [7, 11) is -4.31. The Balaban J connectivity index is 3.37. The van der Waals surface area contributed by atoms with Crippen molar-refractivity contribution in [2.45, 2.75) is 19.8 Å². The van der Waals surface area contributed by atoms with Gasteiger partial charge in [-0.3, -0.25) is 9.36 Å². The second kappa shape index (κ2) is 8.42. The summed E-state index contributed by atoms with van der Waals surface area (Å²) in [6, 6.07) is 0. The molecule has 0 aliphatic heterocycles. The van der Waals surface area contributed by atoms with Gasteiger partial charge in [-0.15, -0.1) is 0 Å². The molecular formula is C10H19O6P. The van der Waals surface area contributed by atoms with Gasteiger partial charge in [0, 0.05) is 6.61 Å². The average molecular weight is 266 g/mol. The van der Waals surface area contributed by atoms with E-state index in [2.05, 4.69) is 11.3 Å². The van der Waals surface area contributed by atoms with Crippen molar-refractivity contribution in [2.24, 2.45) is 0 Å². The molecule has 0 amide bonds. The lowest BCUT2D eigenvalue weighted by Crippen LogP contribution is -2.11. The standard InChI is InChI=1S/C10H19O6P/c1-9(2)7-15-5-3-4-6-16-10(11)8-17(12,13)14/h1,3-8H2,2H3,(H2,12,13,14). The Morgan fingerprint density at radius 1 is 1.29 bits per heavy atom. The number of ether oxygens (including phenoxy) is 2. The second-order valence-corrected chi connectivity index (χ2v) is 5.41. The largest absolute Gasteiger partial charge is 0.465 e. The van der Waals surface area contributed by atoms with E-state index in [1.165, 1.54) is 0 Å². The fourth-order valence-corrected chi connectivity index (χ4v) is 1.38. The molecule has 0 aromatic carbocycles. The third kappa shape index (κ3) is 13.3. The van der Waals surface area contributed by atoms with E-state index >= 15 is 0 Å². The highest BCUT2D eigenvalue weighted by Crippen LogP contribution is 2.33. The zero-order chi connectivity index (χ0) is 13.3. The first-order valence-corrected chi connectivity index (χ1v) is 7.03. The molecule has 0 spiro atoms. The zero-order valence-corrected chi connectivity index (χ0v) is 10.8. The molecule has 0 heterocycles. The Kier molecular flexibility index (Phi) is 8.08. The molecule has 0 saturated heterocycles. The predicted octanol–water partition coefficient (Wildman–Crippen LogP) is 1.08. The summed E-state index contributed by atoms with van der Waals surface area (Å²) in [5, 5.41) is 0. The maximum absolute atomic E-state index is 10.9. The molecule has 0 radical (unpaired) electrons. The normalized spacial score (nSPS) is 11.2. The maximum Gasteiger partial charge on any atom is 0.336 e. The zero-order valence-electron chi connectivity index (χ0n) is 9.92. The van der Waals surface area contributed by atoms with Gasteiger partial charge in [0.2, 0.25) is 0 Å². The van der Waals surface area contributed by atoms with Gasteiger partial charge in [-0.2, -0.15) is 0 Å². The summed E-state index contributed by atoms with van der Waals surface area (Å²) in [6.07, 6.45) is 0.457. The van der Waals surface area contributed by atoms with Gasteiger partial charge < -0.3 is 19.3 Å². The van der Waals surface area contributed by atoms with Crippen molar-refractivity contribution in [2.75, 3.05) is 26.0 Å². The predicted molar refractivity (Wildman–Crippen MR) is 62.7 cm³/mol. The van der Waals surface area contributed by atoms with Crippen LogP contribution in [0.5, 0.6) is 0 Å². The van der Waals surface area contributed by atoms with Crippen LogP contribution in [-0.2, 0) is 18.8 Å². The van der Waals surface area contributed by atoms with E-state index < -0.39 is 19.7 Å². The first-order chi connectivity index (χ1) is 7.81. The summed E-state index contributed by atoms with van der Waals surface area (Å²) >= 11 is 0. The second-order valence-electron chi connectivity index (χ2n) is 3.76. The van der Waals surface area contributed by atoms with Gasteiger partial charge in [-0.1, -0.05) is 12.2 Å². The van der Waals surface area contributed by atoms with E-state index in [1.807, 2.05) is 6.92 Å². The fraction of sp³-hybridized carbons (Fsp3) is 0.700. The van der Waals surface area contributed by atoms with Gasteiger partial charge in [0.25, 0.3) is 0 Å². The number of hydrogen-bond donors (Lipinski definition) is 2. The molecule has 0 aromatic rings. The lowest BCUT2D eigenvalue weighted by Gasteiger charge is -2.06. The highest BCUT2D eigenvalue weighted by atomic mass is 31.2. The van der Waals surface area contributed by atoms with Gasteiger partial charge in [0.05, 0.1) is 13.2 Å². The summed E-state index contributed by atoms with van der Waals surface area (Å²) in [6.45, 7) is 6.75. The van der Waals surface area contributed by atoms with E-state index in [-0.39, 0.29) is 6.61 Å².